The number of aryl methyl sites for hydroxylation is 1. The van der Waals surface area contributed by atoms with Gasteiger partial charge in [-0.3, -0.25) is 4.79 Å². The zero-order chi connectivity index (χ0) is 25.1. The summed E-state index contributed by atoms with van der Waals surface area (Å²) in [5.74, 6) is -5.53. The number of halogens is 6. The van der Waals surface area contributed by atoms with Gasteiger partial charge in [-0.2, -0.15) is 13.2 Å². The number of hydrogen-bond acceptors (Lipinski definition) is 4. The number of rotatable bonds is 3. The fourth-order valence-corrected chi connectivity index (χ4v) is 4.29. The number of carbonyl (C=O) groups is 1. The lowest BCUT2D eigenvalue weighted by Crippen LogP contribution is -2.31. The average molecular weight is 485 g/mol. The Hall–Kier alpha value is -3.54. The van der Waals surface area contributed by atoms with Gasteiger partial charge in [-0.1, -0.05) is 0 Å². The van der Waals surface area contributed by atoms with Crippen LogP contribution in [0.5, 0.6) is 0 Å². The van der Waals surface area contributed by atoms with Crippen LogP contribution in [-0.2, 0) is 6.18 Å². The van der Waals surface area contributed by atoms with Crippen LogP contribution in [0, 0.1) is 24.4 Å². The lowest BCUT2D eigenvalue weighted by molar-refractivity contribution is -0.136. The number of carboxylic acids is 1. The zero-order valence-corrected chi connectivity index (χ0v) is 17.5. The number of carboxylic acid groups (broad SMARTS) is 1. The lowest BCUT2D eigenvalue weighted by Gasteiger charge is -2.27. The number of anilines is 1. The Labute approximate surface area is 187 Å². The first kappa shape index (κ1) is 23.6. The summed E-state index contributed by atoms with van der Waals surface area (Å²) >= 11 is 0. The monoisotopic (exact) mass is 485 g/mol. The quantitative estimate of drug-likeness (QED) is 0.549. The minimum absolute atomic E-state index is 0.00549. The topological polar surface area (TPSA) is 88.6 Å². The van der Waals surface area contributed by atoms with Gasteiger partial charge in [-0.05, 0) is 25.5 Å². The number of nitrogens with two attached hydrogens (primary N) is 1. The molecule has 12 heteroatoms. The highest BCUT2D eigenvalue weighted by Gasteiger charge is 2.43. The molecule has 1 unspecified atom stereocenters. The number of fused-ring (bicyclic) bond motifs is 1. The third-order valence-electron chi connectivity index (χ3n) is 5.82. The van der Waals surface area contributed by atoms with Crippen molar-refractivity contribution in [3.63, 3.8) is 0 Å². The maximum absolute atomic E-state index is 15.5. The van der Waals surface area contributed by atoms with Gasteiger partial charge in [0.15, 0.2) is 5.82 Å². The molecule has 2 aromatic carbocycles. The molecule has 0 spiro atoms. The van der Waals surface area contributed by atoms with Crippen LogP contribution in [-0.4, -0.2) is 34.8 Å². The first-order chi connectivity index (χ1) is 15.8. The first-order valence-corrected chi connectivity index (χ1v) is 10.0. The van der Waals surface area contributed by atoms with Gasteiger partial charge >= 0.3 is 12.1 Å². The van der Waals surface area contributed by atoms with E-state index in [1.54, 1.807) is 0 Å². The maximum atomic E-state index is 15.5. The van der Waals surface area contributed by atoms with Gasteiger partial charge < -0.3 is 20.3 Å². The van der Waals surface area contributed by atoms with Crippen LogP contribution < -0.4 is 16.1 Å². The molecule has 1 aliphatic rings. The van der Waals surface area contributed by atoms with Gasteiger partial charge in [-0.15, -0.1) is 0 Å². The molecule has 6 nitrogen and oxygen atoms in total. The molecule has 2 heterocycles. The molecule has 0 radical (unpaired) electrons. The second kappa shape index (κ2) is 8.05. The number of alkyl halides is 3. The van der Waals surface area contributed by atoms with Gasteiger partial charge in [0.05, 0.1) is 22.3 Å². The summed E-state index contributed by atoms with van der Waals surface area (Å²) in [6.07, 6.45) is -4.44. The summed E-state index contributed by atoms with van der Waals surface area (Å²) in [4.78, 5) is 25.7. The fraction of sp³-hybridized carbons (Fsp3) is 0.273. The highest BCUT2D eigenvalue weighted by atomic mass is 19.4. The molecule has 0 aliphatic carbocycles. The van der Waals surface area contributed by atoms with Gasteiger partial charge in [0.1, 0.15) is 22.8 Å². The van der Waals surface area contributed by atoms with E-state index in [0.717, 1.165) is 24.0 Å². The standard InChI is InChI=1S/C22H17F6N3O3/c1-9-15-18(16(22(26,27)28)19(17(9)25)30-5-4-11(29)7-30)31(8-12(20(15)32)21(33)34)14-3-2-10(23)6-13(14)24/h2-3,6,8,11H,4-5,7,29H2,1H3,(H,33,34). The Kier molecular flexibility index (Phi) is 5.59. The van der Waals surface area contributed by atoms with Gasteiger partial charge in [0, 0.05) is 37.0 Å². The second-order valence-corrected chi connectivity index (χ2v) is 8.02. The molecular formula is C22H17F6N3O3. The van der Waals surface area contributed by atoms with Crippen LogP contribution in [0.4, 0.5) is 32.0 Å². The Morgan fingerprint density at radius 2 is 1.88 bits per heavy atom. The minimum atomic E-state index is -5.25. The van der Waals surface area contributed by atoms with Crippen molar-refractivity contribution in [1.82, 2.24) is 4.57 Å². The van der Waals surface area contributed by atoms with Crippen molar-refractivity contribution in [1.29, 1.82) is 0 Å². The van der Waals surface area contributed by atoms with Crippen molar-refractivity contribution in [2.24, 2.45) is 5.73 Å². The van der Waals surface area contributed by atoms with Crippen molar-refractivity contribution in [3.05, 3.63) is 68.8 Å². The molecule has 4 rings (SSSR count). The predicted octanol–water partition coefficient (Wildman–Crippen LogP) is 3.97. The molecule has 3 aromatic rings. The smallest absolute Gasteiger partial charge is 0.420 e. The van der Waals surface area contributed by atoms with E-state index in [4.69, 9.17) is 5.73 Å². The molecule has 0 bridgehead atoms. The summed E-state index contributed by atoms with van der Waals surface area (Å²) in [6.45, 7) is 0.928. The van der Waals surface area contributed by atoms with Crippen molar-refractivity contribution in [3.8, 4) is 5.69 Å². The van der Waals surface area contributed by atoms with Crippen molar-refractivity contribution < 1.29 is 36.2 Å². The summed E-state index contributed by atoms with van der Waals surface area (Å²) < 4.78 is 87.6. The molecule has 180 valence electrons. The van der Waals surface area contributed by atoms with E-state index in [9.17, 15) is 36.6 Å². The van der Waals surface area contributed by atoms with Crippen LogP contribution in [0.1, 0.15) is 27.9 Å². The number of nitrogens with zero attached hydrogens (tertiary/aromatic N) is 2. The van der Waals surface area contributed by atoms with E-state index in [1.807, 2.05) is 0 Å². The number of pyridine rings is 1. The molecule has 0 amide bonds. The van der Waals surface area contributed by atoms with Gasteiger partial charge in [0.2, 0.25) is 5.43 Å². The highest BCUT2D eigenvalue weighted by Crippen LogP contribution is 2.45. The molecule has 3 N–H and O–H groups in total. The molecule has 1 fully saturated rings. The highest BCUT2D eigenvalue weighted by molar-refractivity contribution is 5.98. The number of aromatic carboxylic acids is 1. The van der Waals surface area contributed by atoms with Crippen LogP contribution in [0.25, 0.3) is 16.6 Å². The van der Waals surface area contributed by atoms with E-state index in [1.165, 1.54) is 0 Å². The largest absolute Gasteiger partial charge is 0.477 e. The third kappa shape index (κ3) is 3.67. The van der Waals surface area contributed by atoms with E-state index < -0.39 is 80.0 Å². The van der Waals surface area contributed by atoms with E-state index in [-0.39, 0.29) is 19.5 Å². The van der Waals surface area contributed by atoms with Crippen molar-refractivity contribution in [2.45, 2.75) is 25.6 Å². The predicted molar refractivity (Wildman–Crippen MR) is 111 cm³/mol. The molecule has 0 saturated carbocycles. The van der Waals surface area contributed by atoms with Crippen molar-refractivity contribution >= 4 is 22.6 Å². The van der Waals surface area contributed by atoms with Crippen LogP contribution >= 0.6 is 0 Å². The number of hydrogen-bond donors (Lipinski definition) is 2. The Bertz CT molecular complexity index is 1400. The number of aromatic nitrogens is 1. The summed E-state index contributed by atoms with van der Waals surface area (Å²) in [6, 6.07) is 1.42. The summed E-state index contributed by atoms with van der Waals surface area (Å²) in [5.41, 5.74) is -1.17. The average Bonchev–Trinajstić information content (AvgIpc) is 3.15. The Morgan fingerprint density at radius 1 is 1.21 bits per heavy atom. The first-order valence-electron chi connectivity index (χ1n) is 10.0. The summed E-state index contributed by atoms with van der Waals surface area (Å²) in [7, 11) is 0. The van der Waals surface area contributed by atoms with Crippen molar-refractivity contribution in [2.75, 3.05) is 18.0 Å². The molecule has 34 heavy (non-hydrogen) atoms. The van der Waals surface area contributed by atoms with Gasteiger partial charge in [-0.25, -0.2) is 18.0 Å². The van der Waals surface area contributed by atoms with Crippen LogP contribution in [0.3, 0.4) is 0 Å². The normalized spacial score (nSPS) is 16.5. The third-order valence-corrected chi connectivity index (χ3v) is 5.82. The molecule has 1 aliphatic heterocycles. The maximum Gasteiger partial charge on any atom is 0.420 e. The van der Waals surface area contributed by atoms with E-state index in [0.29, 0.717) is 16.8 Å². The molecular weight excluding hydrogens is 468 g/mol. The van der Waals surface area contributed by atoms with Crippen LogP contribution in [0.15, 0.2) is 29.2 Å². The lowest BCUT2D eigenvalue weighted by atomic mass is 9.97. The SMILES string of the molecule is Cc1c(F)c(N2CCC(N)C2)c(C(F)(F)F)c2c1c(=O)c(C(=O)O)cn2-c1ccc(F)cc1F. The van der Waals surface area contributed by atoms with Crippen LogP contribution in [0.2, 0.25) is 0 Å². The van der Waals surface area contributed by atoms with E-state index >= 15 is 4.39 Å². The van der Waals surface area contributed by atoms with E-state index in [2.05, 4.69) is 0 Å². The molecule has 1 aromatic heterocycles. The second-order valence-electron chi connectivity index (χ2n) is 8.02. The number of benzene rings is 2. The molecule has 1 atom stereocenters. The Balaban J connectivity index is 2.29. The zero-order valence-electron chi connectivity index (χ0n) is 17.5. The summed E-state index contributed by atoms with van der Waals surface area (Å²) in [5, 5.41) is 8.58. The van der Waals surface area contributed by atoms with Gasteiger partial charge in [0.25, 0.3) is 0 Å². The Morgan fingerprint density at radius 3 is 2.41 bits per heavy atom. The minimum Gasteiger partial charge on any atom is -0.477 e. The fourth-order valence-electron chi connectivity index (χ4n) is 4.29. The molecule has 1 saturated heterocycles.